The van der Waals surface area contributed by atoms with Gasteiger partial charge in [-0.15, -0.1) is 0 Å². The van der Waals surface area contributed by atoms with E-state index in [0.717, 1.165) is 30.6 Å². The molecule has 2 aromatic carbocycles. The Hall–Kier alpha value is -1.92. The average molecular weight is 410 g/mol. The first kappa shape index (κ1) is 21.4. The van der Waals surface area contributed by atoms with Crippen LogP contribution in [0.4, 0.5) is 5.69 Å². The molecule has 0 atom stereocenters. The Morgan fingerprint density at radius 1 is 1.04 bits per heavy atom. The second kappa shape index (κ2) is 11.0. The average Bonchev–Trinajstić information content (AvgIpc) is 2.65. The van der Waals surface area contributed by atoms with Crippen LogP contribution in [0.25, 0.3) is 0 Å². The summed E-state index contributed by atoms with van der Waals surface area (Å²) in [7, 11) is 0. The number of hydrogen-bond donors (Lipinski definition) is 0. The summed E-state index contributed by atoms with van der Waals surface area (Å²) in [5, 5.41) is 12.3. The lowest BCUT2D eigenvalue weighted by Crippen LogP contribution is -2.03. The van der Waals surface area contributed by atoms with E-state index in [0.29, 0.717) is 28.9 Å². The van der Waals surface area contributed by atoms with Crippen molar-refractivity contribution in [1.82, 2.24) is 0 Å². The molecular formula is C20H24ClNO4S. The first-order chi connectivity index (χ1) is 13.0. The van der Waals surface area contributed by atoms with Gasteiger partial charge in [0.1, 0.15) is 5.75 Å². The highest BCUT2D eigenvalue weighted by atomic mass is 35.5. The van der Waals surface area contributed by atoms with Crippen LogP contribution < -0.4 is 9.47 Å². The molecule has 146 valence electrons. The van der Waals surface area contributed by atoms with Gasteiger partial charge in [0, 0.05) is 9.92 Å². The van der Waals surface area contributed by atoms with Gasteiger partial charge < -0.3 is 9.47 Å². The number of nitrogens with zero attached hydrogens (tertiary/aromatic N) is 1. The molecule has 0 N–H and O–H groups in total. The first-order valence-corrected chi connectivity index (χ1v) is 10.3. The zero-order valence-electron chi connectivity index (χ0n) is 15.6. The topological polar surface area (TPSA) is 61.6 Å². The van der Waals surface area contributed by atoms with E-state index in [9.17, 15) is 10.1 Å². The minimum Gasteiger partial charge on any atom is -0.493 e. The van der Waals surface area contributed by atoms with Crippen molar-refractivity contribution < 1.29 is 14.4 Å². The molecule has 0 fully saturated rings. The molecule has 0 amide bonds. The van der Waals surface area contributed by atoms with Crippen LogP contribution in [0.1, 0.15) is 39.5 Å². The van der Waals surface area contributed by atoms with Crippen molar-refractivity contribution in [2.24, 2.45) is 0 Å². The summed E-state index contributed by atoms with van der Waals surface area (Å²) in [6.45, 7) is 5.07. The summed E-state index contributed by atoms with van der Waals surface area (Å²) < 4.78 is 11.5. The molecule has 0 heterocycles. The van der Waals surface area contributed by atoms with Gasteiger partial charge in [0.2, 0.25) is 5.75 Å². The molecule has 0 saturated carbocycles. The maximum absolute atomic E-state index is 11.6. The SMILES string of the molecule is CCCCOc1cc(Sc2ccc(Cl)cc2)c(OCCCC)c([N+](=O)[O-])c1. The van der Waals surface area contributed by atoms with E-state index >= 15 is 0 Å². The predicted octanol–water partition coefficient (Wildman–Crippen LogP) is 6.76. The minimum absolute atomic E-state index is 0.0726. The molecule has 0 aromatic heterocycles. The van der Waals surface area contributed by atoms with Gasteiger partial charge in [0.05, 0.1) is 29.1 Å². The van der Waals surface area contributed by atoms with E-state index in [4.69, 9.17) is 21.1 Å². The molecule has 0 saturated heterocycles. The molecule has 0 unspecified atom stereocenters. The van der Waals surface area contributed by atoms with Crippen LogP contribution in [0.3, 0.4) is 0 Å². The van der Waals surface area contributed by atoms with Crippen molar-refractivity contribution >= 4 is 29.1 Å². The van der Waals surface area contributed by atoms with E-state index in [1.807, 2.05) is 25.1 Å². The number of halogens is 1. The van der Waals surface area contributed by atoms with Gasteiger partial charge in [-0.1, -0.05) is 50.1 Å². The Kier molecular flexibility index (Phi) is 8.75. The molecule has 27 heavy (non-hydrogen) atoms. The van der Waals surface area contributed by atoms with E-state index < -0.39 is 4.92 Å². The second-order valence-electron chi connectivity index (χ2n) is 5.99. The van der Waals surface area contributed by atoms with Crippen molar-refractivity contribution in [2.75, 3.05) is 13.2 Å². The first-order valence-electron chi connectivity index (χ1n) is 9.06. The number of hydrogen-bond acceptors (Lipinski definition) is 5. The van der Waals surface area contributed by atoms with Crippen molar-refractivity contribution in [3.63, 3.8) is 0 Å². The summed E-state index contributed by atoms with van der Waals surface area (Å²) >= 11 is 7.35. The molecule has 0 aliphatic heterocycles. The van der Waals surface area contributed by atoms with Crippen molar-refractivity contribution in [3.8, 4) is 11.5 Å². The van der Waals surface area contributed by atoms with Gasteiger partial charge in [-0.2, -0.15) is 0 Å². The van der Waals surface area contributed by atoms with Gasteiger partial charge in [-0.05, 0) is 43.2 Å². The molecule has 7 heteroatoms. The van der Waals surface area contributed by atoms with Crippen LogP contribution in [0.15, 0.2) is 46.2 Å². The lowest BCUT2D eigenvalue weighted by atomic mass is 10.2. The standard InChI is InChI=1S/C20H24ClNO4S/c1-3-5-11-25-16-13-18(22(23)24)20(26-12-6-4-2)19(14-16)27-17-9-7-15(21)8-10-17/h7-10,13-14H,3-6,11-12H2,1-2H3. The largest absolute Gasteiger partial charge is 0.493 e. The van der Waals surface area contributed by atoms with Gasteiger partial charge >= 0.3 is 5.69 Å². The minimum atomic E-state index is -0.417. The van der Waals surface area contributed by atoms with Crippen molar-refractivity contribution in [1.29, 1.82) is 0 Å². The van der Waals surface area contributed by atoms with Crippen molar-refractivity contribution in [3.05, 3.63) is 51.5 Å². The van der Waals surface area contributed by atoms with Crippen LogP contribution >= 0.6 is 23.4 Å². The van der Waals surface area contributed by atoms with Crippen LogP contribution in [-0.4, -0.2) is 18.1 Å². The van der Waals surface area contributed by atoms with Gasteiger partial charge in [-0.25, -0.2) is 0 Å². The van der Waals surface area contributed by atoms with Crippen LogP contribution in [0.5, 0.6) is 11.5 Å². The Morgan fingerprint density at radius 3 is 2.26 bits per heavy atom. The predicted molar refractivity (Wildman–Crippen MR) is 109 cm³/mol. The fraction of sp³-hybridized carbons (Fsp3) is 0.400. The van der Waals surface area contributed by atoms with Crippen LogP contribution in [0.2, 0.25) is 5.02 Å². The highest BCUT2D eigenvalue weighted by Gasteiger charge is 2.23. The number of unbranched alkanes of at least 4 members (excludes halogenated alkanes) is 2. The fourth-order valence-corrected chi connectivity index (χ4v) is 3.37. The Morgan fingerprint density at radius 2 is 1.67 bits per heavy atom. The zero-order chi connectivity index (χ0) is 19.6. The third-order valence-corrected chi connectivity index (χ3v) is 5.04. The monoisotopic (exact) mass is 409 g/mol. The molecule has 2 aromatic rings. The summed E-state index contributed by atoms with van der Waals surface area (Å²) in [5.41, 5.74) is -0.0726. The summed E-state index contributed by atoms with van der Waals surface area (Å²) in [4.78, 5) is 12.8. The maximum atomic E-state index is 11.6. The Bertz CT molecular complexity index is 752. The van der Waals surface area contributed by atoms with Gasteiger partial charge in [0.15, 0.2) is 0 Å². The van der Waals surface area contributed by atoms with E-state index in [1.54, 1.807) is 12.1 Å². The van der Waals surface area contributed by atoms with E-state index in [1.165, 1.54) is 17.8 Å². The molecular weight excluding hydrogens is 386 g/mol. The number of ether oxygens (including phenoxy) is 2. The number of benzene rings is 2. The quantitative estimate of drug-likeness (QED) is 0.233. The molecule has 0 radical (unpaired) electrons. The second-order valence-corrected chi connectivity index (χ2v) is 7.54. The molecule has 5 nitrogen and oxygen atoms in total. The zero-order valence-corrected chi connectivity index (χ0v) is 17.1. The van der Waals surface area contributed by atoms with E-state index in [2.05, 4.69) is 6.92 Å². The Balaban J connectivity index is 2.39. The van der Waals surface area contributed by atoms with Gasteiger partial charge in [-0.3, -0.25) is 10.1 Å². The van der Waals surface area contributed by atoms with Crippen molar-refractivity contribution in [2.45, 2.75) is 49.3 Å². The summed E-state index contributed by atoms with van der Waals surface area (Å²) in [5.74, 6) is 0.769. The number of nitro groups is 1. The summed E-state index contributed by atoms with van der Waals surface area (Å²) in [6.07, 6.45) is 3.66. The van der Waals surface area contributed by atoms with E-state index in [-0.39, 0.29) is 11.4 Å². The lowest BCUT2D eigenvalue weighted by molar-refractivity contribution is -0.386. The normalized spacial score (nSPS) is 10.6. The molecule has 0 aliphatic rings. The molecule has 2 rings (SSSR count). The summed E-state index contributed by atoms with van der Waals surface area (Å²) in [6, 6.07) is 10.6. The molecule has 0 aliphatic carbocycles. The molecule has 0 bridgehead atoms. The highest BCUT2D eigenvalue weighted by Crippen LogP contribution is 2.44. The number of rotatable bonds is 11. The Labute approximate surface area is 169 Å². The lowest BCUT2D eigenvalue weighted by Gasteiger charge is -2.14. The molecule has 0 spiro atoms. The van der Waals surface area contributed by atoms with Crippen LogP contribution in [0, 0.1) is 10.1 Å². The third-order valence-electron chi connectivity index (χ3n) is 3.76. The third kappa shape index (κ3) is 6.63. The highest BCUT2D eigenvalue weighted by molar-refractivity contribution is 7.99. The smallest absolute Gasteiger partial charge is 0.315 e. The fourth-order valence-electron chi connectivity index (χ4n) is 2.29. The van der Waals surface area contributed by atoms with Crippen LogP contribution in [-0.2, 0) is 0 Å². The number of nitro benzene ring substituents is 1. The maximum Gasteiger partial charge on any atom is 0.315 e. The van der Waals surface area contributed by atoms with Gasteiger partial charge in [0.25, 0.3) is 0 Å².